The molecule has 264 valence electrons. The van der Waals surface area contributed by atoms with Gasteiger partial charge in [-0.15, -0.1) is 0 Å². The molecule has 0 aromatic heterocycles. The maximum atomic E-state index is 15.2. The number of ether oxygens (including phenoxy) is 3. The van der Waals surface area contributed by atoms with Crippen LogP contribution in [0.3, 0.4) is 0 Å². The third-order valence-corrected chi connectivity index (χ3v) is 10.6. The lowest BCUT2D eigenvalue weighted by Gasteiger charge is -2.42. The monoisotopic (exact) mass is 732 g/mol. The zero-order chi connectivity index (χ0) is 35.9. The highest BCUT2D eigenvalue weighted by atomic mass is 35.5. The average molecular weight is 733 g/mol. The molecule has 5 aromatic carbocycles. The first-order valence-corrected chi connectivity index (χ1v) is 18.4. The van der Waals surface area contributed by atoms with Crippen molar-refractivity contribution in [3.63, 3.8) is 0 Å². The summed E-state index contributed by atoms with van der Waals surface area (Å²) in [6, 6.07) is 45.5. The van der Waals surface area contributed by atoms with Gasteiger partial charge < -0.3 is 19.1 Å². The van der Waals surface area contributed by atoms with E-state index in [0.717, 1.165) is 34.0 Å². The number of halogens is 1. The quantitative estimate of drug-likeness (QED) is 0.106. The van der Waals surface area contributed by atoms with Gasteiger partial charge in [-0.25, -0.2) is 4.79 Å². The maximum Gasteiger partial charge on any atom is 0.409 e. The number of nitrogens with zero attached hydrogens (tertiary/aromatic N) is 2. The van der Waals surface area contributed by atoms with Crippen molar-refractivity contribution in [2.45, 2.75) is 29.4 Å². The second kappa shape index (κ2) is 16.1. The Morgan fingerprint density at radius 1 is 0.769 bits per heavy atom. The van der Waals surface area contributed by atoms with E-state index in [4.69, 9.17) is 25.8 Å². The van der Waals surface area contributed by atoms with E-state index in [9.17, 15) is 9.59 Å². The van der Waals surface area contributed by atoms with Crippen LogP contribution < -0.4 is 4.74 Å². The molecule has 2 saturated heterocycles. The standard InChI is InChI=1S/C42H37ClN2O6S/c43-34-22-13-23-35(28-34)50-29-36(24-25-44-26-27-49-40(44)47)51-37(30-14-5-1-6-15-30)38-39(46)45(41(48)52-38)42(31-16-7-2-8-17-31,32-18-9-3-10-19-32)33-20-11-4-12-21-33/h1-23,28,36-38H,24-27,29H2/t36-,37?,38?/m0/s1. The fraction of sp³-hybridized carbons (Fsp3) is 0.214. The highest BCUT2D eigenvalue weighted by molar-refractivity contribution is 8.15. The Kier molecular flexibility index (Phi) is 10.9. The second-order valence-corrected chi connectivity index (χ2v) is 14.1. The minimum absolute atomic E-state index is 0.109. The molecule has 0 N–H and O–H groups in total. The molecule has 52 heavy (non-hydrogen) atoms. The molecule has 0 aliphatic carbocycles. The van der Waals surface area contributed by atoms with Crippen LogP contribution in [0.1, 0.15) is 34.8 Å². The van der Waals surface area contributed by atoms with E-state index in [1.807, 2.05) is 121 Å². The van der Waals surface area contributed by atoms with Crippen molar-refractivity contribution in [2.75, 3.05) is 26.3 Å². The van der Waals surface area contributed by atoms with Gasteiger partial charge in [0.2, 0.25) is 5.91 Å². The molecular weight excluding hydrogens is 696 g/mol. The molecule has 0 saturated carbocycles. The average Bonchev–Trinajstić information content (AvgIpc) is 3.74. The number of hydrogen-bond acceptors (Lipinski definition) is 7. The summed E-state index contributed by atoms with van der Waals surface area (Å²) in [7, 11) is 0. The maximum absolute atomic E-state index is 15.2. The van der Waals surface area contributed by atoms with E-state index in [2.05, 4.69) is 0 Å². The first-order chi connectivity index (χ1) is 25.4. The summed E-state index contributed by atoms with van der Waals surface area (Å²) >= 11 is 7.21. The Hall–Kier alpha value is -5.09. The van der Waals surface area contributed by atoms with Crippen molar-refractivity contribution in [3.05, 3.63) is 173 Å². The molecule has 0 radical (unpaired) electrons. The number of hydrogen-bond donors (Lipinski definition) is 0. The molecule has 0 spiro atoms. The van der Waals surface area contributed by atoms with E-state index >= 15 is 4.79 Å². The van der Waals surface area contributed by atoms with E-state index in [0.29, 0.717) is 36.9 Å². The van der Waals surface area contributed by atoms with E-state index in [-0.39, 0.29) is 23.8 Å². The van der Waals surface area contributed by atoms with Crippen molar-refractivity contribution in [2.24, 2.45) is 0 Å². The van der Waals surface area contributed by atoms with Gasteiger partial charge in [0.25, 0.3) is 5.24 Å². The summed E-state index contributed by atoms with van der Waals surface area (Å²) in [5, 5.41) is -0.791. The van der Waals surface area contributed by atoms with E-state index < -0.39 is 23.0 Å². The van der Waals surface area contributed by atoms with Gasteiger partial charge >= 0.3 is 6.09 Å². The van der Waals surface area contributed by atoms with E-state index in [1.165, 1.54) is 4.90 Å². The molecule has 7 rings (SSSR count). The lowest BCUT2D eigenvalue weighted by Crippen LogP contribution is -2.52. The van der Waals surface area contributed by atoms with Gasteiger partial charge in [0.05, 0.1) is 12.6 Å². The Labute approximate surface area is 312 Å². The molecule has 2 aliphatic rings. The summed E-state index contributed by atoms with van der Waals surface area (Å²) in [5.74, 6) is 0.182. The van der Waals surface area contributed by atoms with Gasteiger partial charge in [0.1, 0.15) is 35.9 Å². The molecule has 10 heteroatoms. The lowest BCUT2D eigenvalue weighted by molar-refractivity contribution is -0.134. The first kappa shape index (κ1) is 35.3. The smallest absolute Gasteiger partial charge is 0.409 e. The van der Waals surface area contributed by atoms with Crippen LogP contribution in [0.15, 0.2) is 146 Å². The molecule has 2 fully saturated rings. The number of cyclic esters (lactones) is 1. The summed E-state index contributed by atoms with van der Waals surface area (Å²) < 4.78 is 18.2. The number of thioether (sulfide) groups is 1. The van der Waals surface area contributed by atoms with Crippen LogP contribution in [0.25, 0.3) is 0 Å². The molecule has 3 amide bonds. The Bertz CT molecular complexity index is 1890. The summed E-state index contributed by atoms with van der Waals surface area (Å²) in [6.07, 6.45) is -1.41. The molecule has 3 atom stereocenters. The van der Waals surface area contributed by atoms with Gasteiger partial charge in [-0.2, -0.15) is 0 Å². The van der Waals surface area contributed by atoms with Crippen molar-refractivity contribution in [1.82, 2.24) is 9.80 Å². The van der Waals surface area contributed by atoms with Crippen LogP contribution in [-0.2, 0) is 19.8 Å². The fourth-order valence-corrected chi connectivity index (χ4v) is 8.17. The minimum atomic E-state index is -1.27. The first-order valence-electron chi connectivity index (χ1n) is 17.2. The minimum Gasteiger partial charge on any atom is -0.491 e. The van der Waals surface area contributed by atoms with Crippen molar-refractivity contribution in [3.8, 4) is 5.75 Å². The van der Waals surface area contributed by atoms with Crippen LogP contribution in [0.4, 0.5) is 9.59 Å². The summed E-state index contributed by atoms with van der Waals surface area (Å²) in [6.45, 7) is 1.27. The molecule has 2 unspecified atom stereocenters. The highest BCUT2D eigenvalue weighted by Crippen LogP contribution is 2.50. The highest BCUT2D eigenvalue weighted by Gasteiger charge is 2.56. The number of amides is 3. The molecule has 2 aliphatic heterocycles. The molecule has 8 nitrogen and oxygen atoms in total. The fourth-order valence-electron chi connectivity index (χ4n) is 6.89. The van der Waals surface area contributed by atoms with Crippen LogP contribution in [-0.4, -0.2) is 64.7 Å². The molecular formula is C42H37ClN2O6S. The van der Waals surface area contributed by atoms with Crippen LogP contribution >= 0.6 is 23.4 Å². The van der Waals surface area contributed by atoms with Gasteiger partial charge in [-0.3, -0.25) is 14.5 Å². The van der Waals surface area contributed by atoms with Crippen LogP contribution in [0.2, 0.25) is 5.02 Å². The SMILES string of the molecule is O=C1OCCN1CC[C@@H](COc1cccc(Cl)c1)OC(c1ccccc1)C1SC(=O)N(C(c2ccccc2)(c2ccccc2)c2ccccc2)C1=O. The third kappa shape index (κ3) is 7.30. The number of rotatable bonds is 14. The number of benzene rings is 5. The number of carbonyl (C=O) groups is 3. The second-order valence-electron chi connectivity index (χ2n) is 12.5. The summed E-state index contributed by atoms with van der Waals surface area (Å²) in [4.78, 5) is 45.2. The van der Waals surface area contributed by atoms with E-state index in [1.54, 1.807) is 29.2 Å². The predicted molar refractivity (Wildman–Crippen MR) is 201 cm³/mol. The Balaban J connectivity index is 1.28. The van der Waals surface area contributed by atoms with Crippen molar-refractivity contribution < 1.29 is 28.6 Å². The molecule has 0 bridgehead atoms. The van der Waals surface area contributed by atoms with Gasteiger partial charge in [0.15, 0.2) is 0 Å². The van der Waals surface area contributed by atoms with Crippen molar-refractivity contribution in [1.29, 1.82) is 0 Å². The van der Waals surface area contributed by atoms with Gasteiger partial charge in [-0.1, -0.05) is 139 Å². The normalized spacial score (nSPS) is 17.2. The summed E-state index contributed by atoms with van der Waals surface area (Å²) in [5.41, 5.74) is 1.79. The molecule has 2 heterocycles. The Morgan fingerprint density at radius 3 is 1.88 bits per heavy atom. The number of carbonyl (C=O) groups excluding carboxylic acids is 3. The largest absolute Gasteiger partial charge is 0.491 e. The lowest BCUT2D eigenvalue weighted by atomic mass is 9.75. The molecule has 5 aromatic rings. The van der Waals surface area contributed by atoms with Crippen LogP contribution in [0, 0.1) is 0 Å². The predicted octanol–water partition coefficient (Wildman–Crippen LogP) is 8.74. The zero-order valence-electron chi connectivity index (χ0n) is 28.3. The zero-order valence-corrected chi connectivity index (χ0v) is 29.8. The van der Waals surface area contributed by atoms with Crippen molar-refractivity contribution >= 4 is 40.6 Å². The topological polar surface area (TPSA) is 85.4 Å². The van der Waals surface area contributed by atoms with Gasteiger partial charge in [-0.05, 0) is 58.6 Å². The van der Waals surface area contributed by atoms with Crippen LogP contribution in [0.5, 0.6) is 5.75 Å². The van der Waals surface area contributed by atoms with Gasteiger partial charge in [0, 0.05) is 11.6 Å². The Morgan fingerprint density at radius 2 is 1.35 bits per heavy atom. The number of imide groups is 1. The third-order valence-electron chi connectivity index (χ3n) is 9.32.